The van der Waals surface area contributed by atoms with Crippen molar-refractivity contribution in [2.75, 3.05) is 0 Å². The molecule has 2 aromatic heterocycles. The fourth-order valence-electron chi connectivity index (χ4n) is 4.12. The monoisotopic (exact) mass is 432 g/mol. The number of hydrogen-bond donors (Lipinski definition) is 0. The Bertz CT molecular complexity index is 1130. The standard InChI is InChI=1S/C22H23F3N4O2/c1-4-29-17-12-21(2,3)9-7-15(17)18(27-29)20-26-19(28-31-20)14-6-5-13(8-10-30)16(11-14)22(23,24)25/h5-6,10-11H,4,7-9,12H2,1-3H3. The van der Waals surface area contributed by atoms with E-state index in [1.54, 1.807) is 0 Å². The molecule has 0 amide bonds. The molecule has 0 saturated heterocycles. The largest absolute Gasteiger partial charge is 0.416 e. The van der Waals surface area contributed by atoms with Crippen LogP contribution in [0.15, 0.2) is 22.7 Å². The number of carbonyl (C=O) groups is 1. The van der Waals surface area contributed by atoms with Crippen LogP contribution in [0.1, 0.15) is 49.6 Å². The fraction of sp³-hybridized carbons (Fsp3) is 0.455. The summed E-state index contributed by atoms with van der Waals surface area (Å²) in [5.74, 6) is 0.248. The summed E-state index contributed by atoms with van der Waals surface area (Å²) in [7, 11) is 0. The number of hydrogen-bond acceptors (Lipinski definition) is 5. The van der Waals surface area contributed by atoms with Gasteiger partial charge in [-0.15, -0.1) is 0 Å². The maximum absolute atomic E-state index is 13.4. The highest BCUT2D eigenvalue weighted by molar-refractivity contribution is 5.64. The van der Waals surface area contributed by atoms with Crippen LogP contribution in [0.25, 0.3) is 23.0 Å². The lowest BCUT2D eigenvalue weighted by molar-refractivity contribution is -0.138. The van der Waals surface area contributed by atoms with Gasteiger partial charge in [0.15, 0.2) is 5.69 Å². The van der Waals surface area contributed by atoms with Crippen molar-refractivity contribution in [1.29, 1.82) is 0 Å². The fourth-order valence-corrected chi connectivity index (χ4v) is 4.12. The Morgan fingerprint density at radius 3 is 2.74 bits per heavy atom. The topological polar surface area (TPSA) is 73.8 Å². The van der Waals surface area contributed by atoms with Crippen molar-refractivity contribution >= 4 is 6.29 Å². The molecule has 0 radical (unpaired) electrons. The summed E-state index contributed by atoms with van der Waals surface area (Å²) in [6.07, 6.45) is -1.75. The van der Waals surface area contributed by atoms with Gasteiger partial charge in [-0.2, -0.15) is 23.3 Å². The molecule has 164 valence electrons. The summed E-state index contributed by atoms with van der Waals surface area (Å²) in [5.41, 5.74) is 2.18. The average molecular weight is 432 g/mol. The molecule has 0 saturated carbocycles. The van der Waals surface area contributed by atoms with E-state index in [0.717, 1.165) is 36.6 Å². The molecule has 0 bridgehead atoms. The number of halogens is 3. The third-order valence-electron chi connectivity index (χ3n) is 5.77. The van der Waals surface area contributed by atoms with Gasteiger partial charge in [0.1, 0.15) is 6.29 Å². The second-order valence-corrected chi connectivity index (χ2v) is 8.59. The average Bonchev–Trinajstić information content (AvgIpc) is 3.31. The van der Waals surface area contributed by atoms with Gasteiger partial charge in [0.05, 0.1) is 5.56 Å². The van der Waals surface area contributed by atoms with Gasteiger partial charge < -0.3 is 9.32 Å². The lowest BCUT2D eigenvalue weighted by Gasteiger charge is -2.30. The quantitative estimate of drug-likeness (QED) is 0.537. The molecule has 0 unspecified atom stereocenters. The van der Waals surface area contributed by atoms with E-state index in [9.17, 15) is 18.0 Å². The highest BCUT2D eigenvalue weighted by Crippen LogP contribution is 2.39. The molecule has 0 spiro atoms. The number of nitrogens with zero attached hydrogens (tertiary/aromatic N) is 4. The molecular formula is C22H23F3N4O2. The number of alkyl halides is 3. The molecule has 3 aromatic rings. The highest BCUT2D eigenvalue weighted by atomic mass is 19.4. The third kappa shape index (κ3) is 4.00. The van der Waals surface area contributed by atoms with Crippen LogP contribution in [0.5, 0.6) is 0 Å². The Balaban J connectivity index is 1.73. The van der Waals surface area contributed by atoms with Crippen molar-refractivity contribution in [2.24, 2.45) is 5.41 Å². The Kier molecular flexibility index (Phi) is 5.23. The molecule has 0 atom stereocenters. The van der Waals surface area contributed by atoms with E-state index in [1.165, 1.54) is 12.1 Å². The molecule has 1 aliphatic carbocycles. The van der Waals surface area contributed by atoms with Gasteiger partial charge in [-0.25, -0.2) is 0 Å². The van der Waals surface area contributed by atoms with Crippen LogP contribution in [0.3, 0.4) is 0 Å². The van der Waals surface area contributed by atoms with Crippen molar-refractivity contribution in [2.45, 2.75) is 59.2 Å². The first-order valence-electron chi connectivity index (χ1n) is 10.2. The van der Waals surface area contributed by atoms with Crippen LogP contribution < -0.4 is 0 Å². The van der Waals surface area contributed by atoms with E-state index in [4.69, 9.17) is 4.52 Å². The first-order valence-corrected chi connectivity index (χ1v) is 10.2. The van der Waals surface area contributed by atoms with Gasteiger partial charge in [0, 0.05) is 29.8 Å². The molecule has 2 heterocycles. The molecule has 0 aliphatic heterocycles. The summed E-state index contributed by atoms with van der Waals surface area (Å²) in [6, 6.07) is 3.69. The summed E-state index contributed by atoms with van der Waals surface area (Å²) < 4.78 is 47.7. The smallest absolute Gasteiger partial charge is 0.332 e. The number of fused-ring (bicyclic) bond motifs is 1. The lowest BCUT2D eigenvalue weighted by Crippen LogP contribution is -2.24. The minimum Gasteiger partial charge on any atom is -0.332 e. The second-order valence-electron chi connectivity index (χ2n) is 8.59. The molecule has 0 fully saturated rings. The Hall–Kier alpha value is -2.97. The summed E-state index contributed by atoms with van der Waals surface area (Å²) in [5, 5.41) is 8.55. The van der Waals surface area contributed by atoms with Crippen molar-refractivity contribution < 1.29 is 22.5 Å². The zero-order chi connectivity index (χ0) is 22.4. The minimum absolute atomic E-state index is 0.0501. The van der Waals surface area contributed by atoms with Gasteiger partial charge in [-0.3, -0.25) is 4.68 Å². The van der Waals surface area contributed by atoms with Crippen LogP contribution in [-0.2, 0) is 36.8 Å². The van der Waals surface area contributed by atoms with Crippen molar-refractivity contribution in [3.8, 4) is 23.0 Å². The van der Waals surface area contributed by atoms with Gasteiger partial charge in [-0.05, 0) is 43.2 Å². The van der Waals surface area contributed by atoms with Crippen molar-refractivity contribution in [3.63, 3.8) is 0 Å². The van der Waals surface area contributed by atoms with Gasteiger partial charge in [0.25, 0.3) is 5.89 Å². The second kappa shape index (κ2) is 7.62. The first kappa shape index (κ1) is 21.3. The van der Waals surface area contributed by atoms with Crippen LogP contribution in [0.4, 0.5) is 13.2 Å². The highest BCUT2D eigenvalue weighted by Gasteiger charge is 2.35. The Morgan fingerprint density at radius 2 is 2.06 bits per heavy atom. The van der Waals surface area contributed by atoms with E-state index in [-0.39, 0.29) is 34.7 Å². The van der Waals surface area contributed by atoms with Gasteiger partial charge >= 0.3 is 6.18 Å². The maximum atomic E-state index is 13.4. The zero-order valence-corrected chi connectivity index (χ0v) is 17.6. The van der Waals surface area contributed by atoms with Crippen LogP contribution >= 0.6 is 0 Å². The van der Waals surface area contributed by atoms with Crippen LogP contribution in [0.2, 0.25) is 0 Å². The predicted molar refractivity (Wildman–Crippen MR) is 107 cm³/mol. The van der Waals surface area contributed by atoms with Crippen LogP contribution in [-0.4, -0.2) is 26.2 Å². The summed E-state index contributed by atoms with van der Waals surface area (Å²) in [6.45, 7) is 7.16. The van der Waals surface area contributed by atoms with E-state index in [0.29, 0.717) is 18.5 Å². The number of benzene rings is 1. The van der Waals surface area contributed by atoms with E-state index < -0.39 is 11.7 Å². The van der Waals surface area contributed by atoms with E-state index in [2.05, 4.69) is 29.1 Å². The molecule has 6 nitrogen and oxygen atoms in total. The van der Waals surface area contributed by atoms with Crippen molar-refractivity contribution in [1.82, 2.24) is 19.9 Å². The summed E-state index contributed by atoms with van der Waals surface area (Å²) >= 11 is 0. The molecule has 9 heteroatoms. The number of carbonyl (C=O) groups excluding carboxylic acids is 1. The molecule has 1 aliphatic rings. The summed E-state index contributed by atoms with van der Waals surface area (Å²) in [4.78, 5) is 15.1. The molecule has 1 aromatic carbocycles. The SMILES string of the molecule is CCn1nc(-c2nc(-c3ccc(CC=O)c(C(F)(F)F)c3)no2)c2c1CC(C)(C)CC2. The number of aldehydes is 1. The predicted octanol–water partition coefficient (Wildman–Crippen LogP) is 4.90. The molecular weight excluding hydrogens is 409 g/mol. The molecule has 31 heavy (non-hydrogen) atoms. The third-order valence-corrected chi connectivity index (χ3v) is 5.77. The first-order chi connectivity index (χ1) is 14.6. The van der Waals surface area contributed by atoms with Gasteiger partial charge in [0.2, 0.25) is 5.82 Å². The number of rotatable bonds is 5. The van der Waals surface area contributed by atoms with E-state index in [1.807, 2.05) is 11.6 Å². The minimum atomic E-state index is -4.59. The van der Waals surface area contributed by atoms with Crippen molar-refractivity contribution in [3.05, 3.63) is 40.6 Å². The maximum Gasteiger partial charge on any atom is 0.416 e. The van der Waals surface area contributed by atoms with E-state index >= 15 is 0 Å². The van der Waals surface area contributed by atoms with Gasteiger partial charge in [-0.1, -0.05) is 31.1 Å². The lowest BCUT2D eigenvalue weighted by atomic mass is 9.76. The number of aryl methyl sites for hydroxylation is 1. The Labute approximate surface area is 177 Å². The zero-order valence-electron chi connectivity index (χ0n) is 17.6. The van der Waals surface area contributed by atoms with Crippen LogP contribution in [0, 0.1) is 5.41 Å². The Morgan fingerprint density at radius 1 is 1.29 bits per heavy atom. The molecule has 4 rings (SSSR count). The number of aromatic nitrogens is 4. The molecule has 0 N–H and O–H groups in total. The normalized spacial score (nSPS) is 15.7.